The molecule has 0 saturated heterocycles. The van der Waals surface area contributed by atoms with Crippen LogP contribution < -0.4 is 0 Å². The number of hydrogen-bond donors (Lipinski definition) is 1. The van der Waals surface area contributed by atoms with Gasteiger partial charge in [-0.2, -0.15) is 0 Å². The van der Waals surface area contributed by atoms with Crippen molar-refractivity contribution < 1.29 is 9.50 Å². The zero-order valence-electron chi connectivity index (χ0n) is 10.7. The van der Waals surface area contributed by atoms with Crippen molar-refractivity contribution >= 4 is 11.6 Å². The van der Waals surface area contributed by atoms with Crippen molar-refractivity contribution in [2.24, 2.45) is 5.92 Å². The van der Waals surface area contributed by atoms with Gasteiger partial charge in [0.2, 0.25) is 0 Å². The smallest absolute Gasteiger partial charge is 0.141 e. The largest absolute Gasteiger partial charge is 0.388 e. The van der Waals surface area contributed by atoms with Crippen LogP contribution in [0.25, 0.3) is 0 Å². The summed E-state index contributed by atoms with van der Waals surface area (Å²) >= 11 is 5.76. The maximum absolute atomic E-state index is 13.1. The highest BCUT2D eigenvalue weighted by atomic mass is 35.5. The van der Waals surface area contributed by atoms with Gasteiger partial charge in [0.05, 0.1) is 11.1 Å². The van der Waals surface area contributed by atoms with Gasteiger partial charge >= 0.3 is 0 Å². The Morgan fingerprint density at radius 1 is 1.16 bits per heavy atom. The zero-order chi connectivity index (χ0) is 13.8. The Labute approximate surface area is 117 Å². The first-order valence-corrected chi connectivity index (χ1v) is 6.62. The molecule has 0 fully saturated rings. The normalized spacial score (nSPS) is 14.1. The Morgan fingerprint density at radius 2 is 1.84 bits per heavy atom. The molecule has 19 heavy (non-hydrogen) atoms. The molecule has 0 radical (unpaired) electrons. The second kappa shape index (κ2) is 6.18. The van der Waals surface area contributed by atoms with E-state index in [1.807, 2.05) is 37.3 Å². The molecule has 0 spiro atoms. The summed E-state index contributed by atoms with van der Waals surface area (Å²) in [5, 5.41) is 10.4. The van der Waals surface area contributed by atoms with Crippen LogP contribution in [-0.4, -0.2) is 5.11 Å². The Balaban J connectivity index is 2.08. The molecule has 2 atom stereocenters. The zero-order valence-corrected chi connectivity index (χ0v) is 11.4. The van der Waals surface area contributed by atoms with Crippen LogP contribution in [0.4, 0.5) is 4.39 Å². The van der Waals surface area contributed by atoms with Crippen molar-refractivity contribution in [2.75, 3.05) is 0 Å². The first-order chi connectivity index (χ1) is 9.08. The van der Waals surface area contributed by atoms with Crippen molar-refractivity contribution in [1.29, 1.82) is 0 Å². The lowest BCUT2D eigenvalue weighted by molar-refractivity contribution is 0.117. The molecule has 0 bridgehead atoms. The van der Waals surface area contributed by atoms with Crippen molar-refractivity contribution in [3.63, 3.8) is 0 Å². The molecule has 0 saturated carbocycles. The third-order valence-electron chi connectivity index (χ3n) is 3.22. The van der Waals surface area contributed by atoms with Gasteiger partial charge in [0.15, 0.2) is 0 Å². The molecule has 0 aliphatic heterocycles. The summed E-state index contributed by atoms with van der Waals surface area (Å²) in [4.78, 5) is 0. The van der Waals surface area contributed by atoms with E-state index in [4.69, 9.17) is 11.6 Å². The van der Waals surface area contributed by atoms with Gasteiger partial charge < -0.3 is 5.11 Å². The summed E-state index contributed by atoms with van der Waals surface area (Å²) in [6, 6.07) is 14.2. The molecule has 2 rings (SSSR count). The van der Waals surface area contributed by atoms with Gasteiger partial charge in [0.25, 0.3) is 0 Å². The van der Waals surface area contributed by atoms with Crippen LogP contribution in [0.1, 0.15) is 24.2 Å². The lowest BCUT2D eigenvalue weighted by Gasteiger charge is -2.19. The minimum absolute atomic E-state index is 0.0314. The van der Waals surface area contributed by atoms with Crippen LogP contribution in [0.2, 0.25) is 5.02 Å². The third kappa shape index (κ3) is 3.55. The lowest BCUT2D eigenvalue weighted by Crippen LogP contribution is -2.12. The van der Waals surface area contributed by atoms with Crippen LogP contribution in [-0.2, 0) is 6.42 Å². The molecule has 1 N–H and O–H groups in total. The number of hydrogen-bond acceptors (Lipinski definition) is 1. The maximum atomic E-state index is 13.1. The monoisotopic (exact) mass is 278 g/mol. The summed E-state index contributed by atoms with van der Waals surface area (Å²) in [5.41, 5.74) is 1.82. The number of halogens is 2. The standard InChI is InChI=1S/C16H16ClFO/c1-11(16(19)13-5-3-2-4-6-13)9-12-7-8-15(18)14(17)10-12/h2-8,10-11,16,19H,9H2,1H3. The van der Waals surface area contributed by atoms with Crippen LogP contribution >= 0.6 is 11.6 Å². The number of aliphatic hydroxyl groups excluding tert-OH is 1. The van der Waals surface area contributed by atoms with E-state index < -0.39 is 11.9 Å². The molecule has 0 amide bonds. The molecule has 2 unspecified atom stereocenters. The van der Waals surface area contributed by atoms with Crippen LogP contribution in [0.15, 0.2) is 48.5 Å². The molecule has 1 nitrogen and oxygen atoms in total. The first-order valence-electron chi connectivity index (χ1n) is 6.25. The quantitative estimate of drug-likeness (QED) is 0.879. The van der Waals surface area contributed by atoms with Crippen molar-refractivity contribution in [1.82, 2.24) is 0 Å². The fraction of sp³-hybridized carbons (Fsp3) is 0.250. The van der Waals surface area contributed by atoms with E-state index in [1.165, 1.54) is 6.07 Å². The Hall–Kier alpha value is -1.38. The van der Waals surface area contributed by atoms with E-state index in [0.29, 0.717) is 6.42 Å². The molecule has 100 valence electrons. The van der Waals surface area contributed by atoms with E-state index in [0.717, 1.165) is 11.1 Å². The van der Waals surface area contributed by atoms with Gasteiger partial charge in [-0.1, -0.05) is 54.9 Å². The molecular weight excluding hydrogens is 263 g/mol. The Kier molecular flexibility index (Phi) is 4.56. The minimum Gasteiger partial charge on any atom is -0.388 e. The van der Waals surface area contributed by atoms with Crippen LogP contribution in [0, 0.1) is 11.7 Å². The second-order valence-electron chi connectivity index (χ2n) is 4.79. The van der Waals surface area contributed by atoms with E-state index >= 15 is 0 Å². The predicted octanol–water partition coefficient (Wildman–Crippen LogP) is 4.39. The predicted molar refractivity (Wildman–Crippen MR) is 75.7 cm³/mol. The highest BCUT2D eigenvalue weighted by molar-refractivity contribution is 6.30. The van der Waals surface area contributed by atoms with Gasteiger partial charge in [-0.3, -0.25) is 0 Å². The summed E-state index contributed by atoms with van der Waals surface area (Å²) in [7, 11) is 0. The summed E-state index contributed by atoms with van der Waals surface area (Å²) in [6.07, 6.45) is 0.112. The average Bonchev–Trinajstić information content (AvgIpc) is 2.43. The van der Waals surface area contributed by atoms with Gasteiger partial charge in [-0.15, -0.1) is 0 Å². The molecule has 0 aliphatic rings. The molecule has 0 aromatic heterocycles. The van der Waals surface area contributed by atoms with Gasteiger partial charge in [0.1, 0.15) is 5.82 Å². The van der Waals surface area contributed by atoms with Gasteiger partial charge in [-0.25, -0.2) is 4.39 Å². The summed E-state index contributed by atoms with van der Waals surface area (Å²) < 4.78 is 13.1. The highest BCUT2D eigenvalue weighted by Gasteiger charge is 2.17. The average molecular weight is 279 g/mol. The summed E-state index contributed by atoms with van der Waals surface area (Å²) in [6.45, 7) is 1.97. The topological polar surface area (TPSA) is 20.2 Å². The molecule has 3 heteroatoms. The maximum Gasteiger partial charge on any atom is 0.141 e. The minimum atomic E-state index is -0.537. The molecule has 0 heterocycles. The number of aliphatic hydroxyl groups is 1. The molecule has 2 aromatic rings. The fourth-order valence-electron chi connectivity index (χ4n) is 2.13. The van der Waals surface area contributed by atoms with Gasteiger partial charge in [-0.05, 0) is 35.6 Å². The van der Waals surface area contributed by atoms with E-state index in [9.17, 15) is 9.50 Å². The van der Waals surface area contributed by atoms with E-state index in [2.05, 4.69) is 0 Å². The third-order valence-corrected chi connectivity index (χ3v) is 3.51. The number of benzene rings is 2. The molecular formula is C16H16ClFO. The molecule has 0 aliphatic carbocycles. The van der Waals surface area contributed by atoms with E-state index in [-0.39, 0.29) is 10.9 Å². The van der Waals surface area contributed by atoms with Crippen LogP contribution in [0.3, 0.4) is 0 Å². The Morgan fingerprint density at radius 3 is 2.47 bits per heavy atom. The molecule has 2 aromatic carbocycles. The fourth-order valence-corrected chi connectivity index (χ4v) is 2.33. The highest BCUT2D eigenvalue weighted by Crippen LogP contribution is 2.26. The van der Waals surface area contributed by atoms with Crippen molar-refractivity contribution in [3.05, 3.63) is 70.5 Å². The summed E-state index contributed by atoms with van der Waals surface area (Å²) in [5.74, 6) is -0.384. The SMILES string of the molecule is CC(Cc1ccc(F)c(Cl)c1)C(O)c1ccccc1. The Bertz CT molecular complexity index is 542. The van der Waals surface area contributed by atoms with Crippen LogP contribution in [0.5, 0.6) is 0 Å². The second-order valence-corrected chi connectivity index (χ2v) is 5.19. The first kappa shape index (κ1) is 14.0. The lowest BCUT2D eigenvalue weighted by atomic mass is 9.91. The van der Waals surface area contributed by atoms with E-state index in [1.54, 1.807) is 12.1 Å². The van der Waals surface area contributed by atoms with Crippen molar-refractivity contribution in [3.8, 4) is 0 Å². The van der Waals surface area contributed by atoms with Crippen molar-refractivity contribution in [2.45, 2.75) is 19.4 Å². The van der Waals surface area contributed by atoms with Gasteiger partial charge in [0, 0.05) is 0 Å². The number of rotatable bonds is 4.